The molecule has 0 saturated heterocycles. The van der Waals surface area contributed by atoms with Crippen LogP contribution in [0.25, 0.3) is 0 Å². The van der Waals surface area contributed by atoms with Crippen molar-refractivity contribution in [2.45, 2.75) is 59.7 Å². The molecule has 0 saturated carbocycles. The van der Waals surface area contributed by atoms with Crippen LogP contribution in [-0.2, 0) is 26.2 Å². The highest BCUT2D eigenvalue weighted by atomic mass is 35.5. The Morgan fingerprint density at radius 2 is 1.65 bits per heavy atom. The van der Waals surface area contributed by atoms with Crippen LogP contribution < -0.4 is 9.62 Å². The van der Waals surface area contributed by atoms with E-state index >= 15 is 0 Å². The van der Waals surface area contributed by atoms with E-state index in [0.717, 1.165) is 27.3 Å². The smallest absolute Gasteiger partial charge is 0.244 e. The third-order valence-electron chi connectivity index (χ3n) is 5.08. The average molecular weight is 508 g/mol. The lowest BCUT2D eigenvalue weighted by Crippen LogP contribution is -2.54. The number of carbonyl (C=O) groups excluding carboxylic acids is 2. The molecule has 0 aliphatic heterocycles. The molecule has 0 radical (unpaired) electrons. The van der Waals surface area contributed by atoms with Gasteiger partial charge in [0, 0.05) is 17.1 Å². The van der Waals surface area contributed by atoms with Gasteiger partial charge in [-0.2, -0.15) is 0 Å². The summed E-state index contributed by atoms with van der Waals surface area (Å²) in [6.07, 6.45) is 1.06. The van der Waals surface area contributed by atoms with Gasteiger partial charge in [-0.1, -0.05) is 29.8 Å². The number of sulfonamides is 1. The number of hydrogen-bond acceptors (Lipinski definition) is 4. The van der Waals surface area contributed by atoms with Gasteiger partial charge in [-0.25, -0.2) is 8.42 Å². The van der Waals surface area contributed by atoms with Crippen molar-refractivity contribution in [3.05, 3.63) is 64.2 Å². The second-order valence-corrected chi connectivity index (χ2v) is 12.0. The van der Waals surface area contributed by atoms with E-state index in [2.05, 4.69) is 5.32 Å². The van der Waals surface area contributed by atoms with Crippen LogP contribution >= 0.6 is 11.6 Å². The van der Waals surface area contributed by atoms with Crippen LogP contribution in [0.1, 0.15) is 44.4 Å². The Morgan fingerprint density at radius 1 is 1.06 bits per heavy atom. The molecule has 2 aromatic rings. The summed E-state index contributed by atoms with van der Waals surface area (Å²) in [5.41, 5.74) is 2.40. The minimum atomic E-state index is -3.77. The van der Waals surface area contributed by atoms with E-state index in [0.29, 0.717) is 10.7 Å². The van der Waals surface area contributed by atoms with Gasteiger partial charge < -0.3 is 10.2 Å². The number of amides is 2. The van der Waals surface area contributed by atoms with E-state index in [1.165, 1.54) is 4.90 Å². The molecule has 2 amide bonds. The van der Waals surface area contributed by atoms with E-state index in [9.17, 15) is 18.0 Å². The number of nitrogens with zero attached hydrogens (tertiary/aromatic N) is 2. The molecule has 1 atom stereocenters. The van der Waals surface area contributed by atoms with Crippen LogP contribution in [0, 0.1) is 13.8 Å². The Morgan fingerprint density at radius 3 is 2.15 bits per heavy atom. The zero-order valence-corrected chi connectivity index (χ0v) is 22.4. The molecule has 0 fully saturated rings. The number of nitrogens with one attached hydrogen (secondary N) is 1. The first-order valence-electron chi connectivity index (χ1n) is 11.0. The van der Waals surface area contributed by atoms with Gasteiger partial charge >= 0.3 is 0 Å². The summed E-state index contributed by atoms with van der Waals surface area (Å²) in [6, 6.07) is 11.5. The summed E-state index contributed by atoms with van der Waals surface area (Å²) in [6.45, 7) is 10.6. The maximum absolute atomic E-state index is 13.6. The summed E-state index contributed by atoms with van der Waals surface area (Å²) < 4.78 is 26.4. The van der Waals surface area contributed by atoms with Gasteiger partial charge in [-0.3, -0.25) is 13.9 Å². The maximum Gasteiger partial charge on any atom is 0.244 e. The van der Waals surface area contributed by atoms with Crippen molar-refractivity contribution < 1.29 is 18.0 Å². The first kappa shape index (κ1) is 27.7. The van der Waals surface area contributed by atoms with Crippen LogP contribution in [0.15, 0.2) is 42.5 Å². The first-order valence-corrected chi connectivity index (χ1v) is 13.2. The highest BCUT2D eigenvalue weighted by Gasteiger charge is 2.31. The van der Waals surface area contributed by atoms with E-state index in [4.69, 9.17) is 11.6 Å². The quantitative estimate of drug-likeness (QED) is 0.583. The molecule has 0 heterocycles. The molecular weight excluding hydrogens is 474 g/mol. The van der Waals surface area contributed by atoms with E-state index in [-0.39, 0.29) is 12.5 Å². The highest BCUT2D eigenvalue weighted by molar-refractivity contribution is 7.92. The van der Waals surface area contributed by atoms with Crippen molar-refractivity contribution in [3.63, 3.8) is 0 Å². The standard InChI is InChI=1S/C25H34ClN3O4S/c1-17-11-18(2)13-22(12-17)29(34(7,32)33)16-23(30)28(15-20-9-8-10-21(26)14-20)19(3)24(31)27-25(4,5)6/h8-14,19H,15-16H2,1-7H3,(H,27,31)/t19-/m0/s1. The number of anilines is 1. The average Bonchev–Trinajstić information content (AvgIpc) is 2.66. The fourth-order valence-electron chi connectivity index (χ4n) is 3.60. The number of carbonyl (C=O) groups is 2. The summed E-state index contributed by atoms with van der Waals surface area (Å²) in [5.74, 6) is -0.832. The SMILES string of the molecule is Cc1cc(C)cc(N(CC(=O)N(Cc2cccc(Cl)c2)[C@@H](C)C(=O)NC(C)(C)C)S(C)(=O)=O)c1. The van der Waals surface area contributed by atoms with Crippen LogP contribution in [0.2, 0.25) is 5.02 Å². The molecular formula is C25H34ClN3O4S. The number of halogens is 1. The Labute approximate surface area is 208 Å². The number of hydrogen-bond donors (Lipinski definition) is 1. The van der Waals surface area contributed by atoms with Gasteiger partial charge in [0.05, 0.1) is 11.9 Å². The Balaban J connectivity index is 2.44. The normalized spacial score (nSPS) is 12.7. The Kier molecular flexibility index (Phi) is 8.77. The summed E-state index contributed by atoms with van der Waals surface area (Å²) in [5, 5.41) is 3.40. The molecule has 0 aliphatic rings. The molecule has 0 aromatic heterocycles. The van der Waals surface area contributed by atoms with Crippen LogP contribution in [0.4, 0.5) is 5.69 Å². The van der Waals surface area contributed by atoms with Crippen LogP contribution in [-0.4, -0.2) is 49.5 Å². The molecule has 1 N–H and O–H groups in total. The van der Waals surface area contributed by atoms with Crippen LogP contribution in [0.5, 0.6) is 0 Å². The summed E-state index contributed by atoms with van der Waals surface area (Å²) in [7, 11) is -3.77. The molecule has 34 heavy (non-hydrogen) atoms. The van der Waals surface area contributed by atoms with Gasteiger partial charge in [-0.05, 0) is 82.5 Å². The lowest BCUT2D eigenvalue weighted by Gasteiger charge is -2.33. The second-order valence-electron chi connectivity index (χ2n) is 9.68. The van der Waals surface area contributed by atoms with Gasteiger partial charge in [0.15, 0.2) is 0 Å². The zero-order chi connectivity index (χ0) is 25.8. The maximum atomic E-state index is 13.6. The zero-order valence-electron chi connectivity index (χ0n) is 20.8. The van der Waals surface area contributed by atoms with Crippen molar-refractivity contribution in [1.29, 1.82) is 0 Å². The minimum Gasteiger partial charge on any atom is -0.350 e. The highest BCUT2D eigenvalue weighted by Crippen LogP contribution is 2.22. The van der Waals surface area contributed by atoms with Crippen molar-refractivity contribution in [1.82, 2.24) is 10.2 Å². The van der Waals surface area contributed by atoms with Gasteiger partial charge in [0.2, 0.25) is 21.8 Å². The Bertz CT molecular complexity index is 1140. The van der Waals surface area contributed by atoms with Crippen molar-refractivity contribution in [2.24, 2.45) is 0 Å². The summed E-state index contributed by atoms with van der Waals surface area (Å²) >= 11 is 6.12. The molecule has 0 unspecified atom stereocenters. The van der Waals surface area contributed by atoms with Crippen molar-refractivity contribution in [3.8, 4) is 0 Å². The molecule has 9 heteroatoms. The Hall–Kier alpha value is -2.58. The molecule has 0 spiro atoms. The largest absolute Gasteiger partial charge is 0.350 e. The number of rotatable bonds is 8. The minimum absolute atomic E-state index is 0.0998. The van der Waals surface area contributed by atoms with Crippen LogP contribution in [0.3, 0.4) is 0 Å². The molecule has 0 bridgehead atoms. The molecule has 2 rings (SSSR count). The fraction of sp³-hybridized carbons (Fsp3) is 0.440. The van der Waals surface area contributed by atoms with E-state index in [1.807, 2.05) is 40.7 Å². The number of aryl methyl sites for hydroxylation is 2. The lowest BCUT2D eigenvalue weighted by atomic mass is 10.1. The van der Waals surface area contributed by atoms with Gasteiger partial charge in [0.1, 0.15) is 12.6 Å². The third kappa shape index (κ3) is 8.02. The van der Waals surface area contributed by atoms with Crippen molar-refractivity contribution in [2.75, 3.05) is 17.1 Å². The predicted octanol–water partition coefficient (Wildman–Crippen LogP) is 4.05. The van der Waals surface area contributed by atoms with Gasteiger partial charge in [0.25, 0.3) is 0 Å². The van der Waals surface area contributed by atoms with E-state index < -0.39 is 34.1 Å². The second kappa shape index (κ2) is 10.8. The summed E-state index contributed by atoms with van der Waals surface area (Å²) in [4.78, 5) is 27.9. The monoisotopic (exact) mass is 507 g/mol. The third-order valence-corrected chi connectivity index (χ3v) is 6.46. The molecule has 7 nitrogen and oxygen atoms in total. The molecule has 186 valence electrons. The molecule has 0 aliphatic carbocycles. The van der Waals surface area contributed by atoms with E-state index in [1.54, 1.807) is 43.3 Å². The lowest BCUT2D eigenvalue weighted by molar-refractivity contribution is -0.140. The predicted molar refractivity (Wildman–Crippen MR) is 137 cm³/mol. The van der Waals surface area contributed by atoms with Gasteiger partial charge in [-0.15, -0.1) is 0 Å². The first-order chi connectivity index (χ1) is 15.6. The van der Waals surface area contributed by atoms with Crippen molar-refractivity contribution >= 4 is 39.1 Å². The molecule has 2 aromatic carbocycles. The topological polar surface area (TPSA) is 86.8 Å². The number of benzene rings is 2. The fourth-order valence-corrected chi connectivity index (χ4v) is 4.64.